The molecule has 0 fully saturated rings. The highest BCUT2D eigenvalue weighted by Gasteiger charge is 2.06. The Morgan fingerprint density at radius 3 is 2.23 bits per heavy atom. The molecular formula is C4H9N3O5S. The van der Waals surface area contributed by atoms with Gasteiger partial charge >= 0.3 is 5.97 Å². The molecule has 0 saturated heterocycles. The highest BCUT2D eigenvalue weighted by atomic mass is 32.2. The van der Waals surface area contributed by atoms with Gasteiger partial charge in [-0.25, -0.2) is 5.14 Å². The van der Waals surface area contributed by atoms with Crippen LogP contribution in [0.25, 0.3) is 0 Å². The molecule has 0 aliphatic carbocycles. The fraction of sp³-hybridized carbons (Fsp3) is 0.500. The van der Waals surface area contributed by atoms with E-state index in [1.54, 1.807) is 4.72 Å². The number of carbonyl (C=O) groups is 2. The van der Waals surface area contributed by atoms with Crippen LogP contribution in [0.1, 0.15) is 0 Å². The van der Waals surface area contributed by atoms with E-state index in [1.807, 2.05) is 5.32 Å². The van der Waals surface area contributed by atoms with Crippen molar-refractivity contribution in [1.82, 2.24) is 10.0 Å². The van der Waals surface area contributed by atoms with Crippen molar-refractivity contribution in [3.63, 3.8) is 0 Å². The number of aliphatic carboxylic acids is 1. The molecule has 0 aromatic carbocycles. The Kier molecular flexibility index (Phi) is 4.31. The molecule has 0 aliphatic heterocycles. The van der Waals surface area contributed by atoms with E-state index in [9.17, 15) is 18.0 Å². The third-order valence-corrected chi connectivity index (χ3v) is 1.42. The Balaban J connectivity index is 3.71. The van der Waals surface area contributed by atoms with Gasteiger partial charge in [-0.3, -0.25) is 9.59 Å². The third-order valence-electron chi connectivity index (χ3n) is 0.871. The van der Waals surface area contributed by atoms with Crippen LogP contribution in [-0.2, 0) is 19.8 Å². The zero-order valence-corrected chi connectivity index (χ0v) is 7.30. The van der Waals surface area contributed by atoms with E-state index in [0.717, 1.165) is 0 Å². The predicted octanol–water partition coefficient (Wildman–Crippen LogP) is -3.02. The van der Waals surface area contributed by atoms with Crippen molar-refractivity contribution in [3.8, 4) is 0 Å². The molecule has 8 nitrogen and oxygen atoms in total. The molecule has 13 heavy (non-hydrogen) atoms. The average Bonchev–Trinajstić information content (AvgIpc) is 1.95. The maximum atomic E-state index is 10.6. The van der Waals surface area contributed by atoms with Crippen LogP contribution >= 0.6 is 0 Å². The summed E-state index contributed by atoms with van der Waals surface area (Å²) in [6, 6.07) is 0. The van der Waals surface area contributed by atoms with Crippen molar-refractivity contribution in [3.05, 3.63) is 0 Å². The van der Waals surface area contributed by atoms with Crippen LogP contribution in [0.2, 0.25) is 0 Å². The van der Waals surface area contributed by atoms with Gasteiger partial charge in [0.25, 0.3) is 10.2 Å². The van der Waals surface area contributed by atoms with Crippen LogP contribution in [-0.4, -0.2) is 38.5 Å². The first-order valence-corrected chi connectivity index (χ1v) is 4.62. The number of hydrogen-bond donors (Lipinski definition) is 4. The summed E-state index contributed by atoms with van der Waals surface area (Å²) in [4.78, 5) is 20.6. The first-order chi connectivity index (χ1) is 5.81. The lowest BCUT2D eigenvalue weighted by atomic mass is 10.5. The van der Waals surface area contributed by atoms with Crippen molar-refractivity contribution < 1.29 is 23.1 Å². The van der Waals surface area contributed by atoms with E-state index >= 15 is 0 Å². The lowest BCUT2D eigenvalue weighted by Crippen LogP contribution is -2.41. The summed E-state index contributed by atoms with van der Waals surface area (Å²) >= 11 is 0. The second-order valence-corrected chi connectivity index (χ2v) is 3.42. The van der Waals surface area contributed by atoms with E-state index in [4.69, 9.17) is 5.11 Å². The van der Waals surface area contributed by atoms with Gasteiger partial charge in [0, 0.05) is 0 Å². The van der Waals surface area contributed by atoms with Crippen LogP contribution in [0.4, 0.5) is 0 Å². The Hall–Kier alpha value is -1.19. The van der Waals surface area contributed by atoms with Gasteiger partial charge in [-0.15, -0.1) is 0 Å². The zero-order chi connectivity index (χ0) is 10.5. The Labute approximate surface area is 74.3 Å². The number of hydrogen-bond acceptors (Lipinski definition) is 4. The minimum atomic E-state index is -3.92. The zero-order valence-electron chi connectivity index (χ0n) is 6.48. The van der Waals surface area contributed by atoms with Crippen LogP contribution in [0.5, 0.6) is 0 Å². The van der Waals surface area contributed by atoms with Gasteiger partial charge in [0.15, 0.2) is 0 Å². The standard InChI is InChI=1S/C4H9N3O5S/c5-13(11,12)7-1-3(8)6-2-4(9)10/h7H,1-2H2,(H,6,8)(H,9,10)(H2,5,11,12). The molecule has 1 amide bonds. The molecule has 0 bridgehead atoms. The van der Waals surface area contributed by atoms with Crippen molar-refractivity contribution >= 4 is 22.1 Å². The van der Waals surface area contributed by atoms with E-state index in [-0.39, 0.29) is 0 Å². The molecule has 5 N–H and O–H groups in total. The molecule has 76 valence electrons. The van der Waals surface area contributed by atoms with E-state index < -0.39 is 35.2 Å². The molecule has 0 rings (SSSR count). The first kappa shape index (κ1) is 11.8. The summed E-state index contributed by atoms with van der Waals surface area (Å²) in [5.74, 6) is -1.99. The molecule has 0 saturated carbocycles. The summed E-state index contributed by atoms with van der Waals surface area (Å²) in [5, 5.41) is 14.6. The predicted molar refractivity (Wildman–Crippen MR) is 41.8 cm³/mol. The highest BCUT2D eigenvalue weighted by Crippen LogP contribution is 1.69. The maximum Gasteiger partial charge on any atom is 0.322 e. The minimum absolute atomic E-state index is 0.564. The molecule has 0 radical (unpaired) electrons. The summed E-state index contributed by atoms with van der Waals surface area (Å²) in [5.41, 5.74) is 0. The summed E-state index contributed by atoms with van der Waals surface area (Å²) in [6.07, 6.45) is 0. The number of nitrogens with one attached hydrogen (secondary N) is 2. The van der Waals surface area contributed by atoms with Gasteiger partial charge in [-0.05, 0) is 0 Å². The molecule has 0 unspecified atom stereocenters. The number of amides is 1. The number of rotatable bonds is 5. The van der Waals surface area contributed by atoms with E-state index in [2.05, 4.69) is 5.14 Å². The van der Waals surface area contributed by atoms with Gasteiger partial charge in [-0.1, -0.05) is 0 Å². The molecule has 0 atom stereocenters. The molecular weight excluding hydrogens is 202 g/mol. The lowest BCUT2D eigenvalue weighted by molar-refractivity contribution is -0.137. The fourth-order valence-corrected chi connectivity index (χ4v) is 0.735. The van der Waals surface area contributed by atoms with E-state index in [1.165, 1.54) is 0 Å². The smallest absolute Gasteiger partial charge is 0.322 e. The highest BCUT2D eigenvalue weighted by molar-refractivity contribution is 7.87. The number of carbonyl (C=O) groups excluding carboxylic acids is 1. The normalized spacial score (nSPS) is 10.8. The van der Waals surface area contributed by atoms with Gasteiger partial charge in [0.1, 0.15) is 6.54 Å². The molecule has 0 aromatic rings. The van der Waals surface area contributed by atoms with Crippen LogP contribution < -0.4 is 15.2 Å². The topological polar surface area (TPSA) is 139 Å². The SMILES string of the molecule is NS(=O)(=O)NCC(=O)NCC(=O)O. The van der Waals surface area contributed by atoms with Crippen molar-refractivity contribution in [2.45, 2.75) is 0 Å². The third kappa shape index (κ3) is 8.72. The van der Waals surface area contributed by atoms with Crippen molar-refractivity contribution in [1.29, 1.82) is 0 Å². The minimum Gasteiger partial charge on any atom is -0.480 e. The number of nitrogens with two attached hydrogens (primary N) is 1. The summed E-state index contributed by atoms with van der Waals surface area (Å²) in [7, 11) is -3.92. The maximum absolute atomic E-state index is 10.6. The molecule has 0 spiro atoms. The number of carboxylic acid groups (broad SMARTS) is 1. The second kappa shape index (κ2) is 4.74. The lowest BCUT2D eigenvalue weighted by Gasteiger charge is -2.01. The van der Waals surface area contributed by atoms with Crippen LogP contribution in [0, 0.1) is 0 Å². The van der Waals surface area contributed by atoms with E-state index in [0.29, 0.717) is 0 Å². The summed E-state index contributed by atoms with van der Waals surface area (Å²) in [6.45, 7) is -1.14. The Morgan fingerprint density at radius 1 is 1.31 bits per heavy atom. The monoisotopic (exact) mass is 211 g/mol. The van der Waals surface area contributed by atoms with Crippen LogP contribution in [0.15, 0.2) is 0 Å². The Bertz CT molecular complexity index is 297. The van der Waals surface area contributed by atoms with Gasteiger partial charge in [-0.2, -0.15) is 13.1 Å². The molecule has 0 heterocycles. The molecule has 9 heteroatoms. The molecule has 0 aromatic heterocycles. The fourth-order valence-electron chi connectivity index (χ4n) is 0.403. The Morgan fingerprint density at radius 2 is 1.85 bits per heavy atom. The number of carboxylic acids is 1. The second-order valence-electron chi connectivity index (χ2n) is 2.04. The first-order valence-electron chi connectivity index (χ1n) is 3.07. The van der Waals surface area contributed by atoms with Gasteiger partial charge in [0.05, 0.1) is 6.54 Å². The largest absolute Gasteiger partial charge is 0.480 e. The van der Waals surface area contributed by atoms with Gasteiger partial charge in [0.2, 0.25) is 5.91 Å². The quantitative estimate of drug-likeness (QED) is 0.383. The van der Waals surface area contributed by atoms with Crippen molar-refractivity contribution in [2.75, 3.05) is 13.1 Å². The van der Waals surface area contributed by atoms with Crippen molar-refractivity contribution in [2.24, 2.45) is 5.14 Å². The van der Waals surface area contributed by atoms with Gasteiger partial charge < -0.3 is 10.4 Å². The molecule has 0 aliphatic rings. The summed E-state index contributed by atoms with van der Waals surface area (Å²) < 4.78 is 22.2. The average molecular weight is 211 g/mol. The van der Waals surface area contributed by atoms with Crippen LogP contribution in [0.3, 0.4) is 0 Å².